The van der Waals surface area contributed by atoms with Crippen molar-refractivity contribution in [3.05, 3.63) is 32.3 Å². The summed E-state index contributed by atoms with van der Waals surface area (Å²) >= 11 is 3.22. The third kappa shape index (κ3) is 4.18. The van der Waals surface area contributed by atoms with E-state index in [0.29, 0.717) is 22.6 Å². The maximum atomic E-state index is 11.2. The van der Waals surface area contributed by atoms with Crippen LogP contribution in [-0.2, 0) is 0 Å². The summed E-state index contributed by atoms with van der Waals surface area (Å²) in [5, 5.41) is 20.9. The van der Waals surface area contributed by atoms with Crippen LogP contribution < -0.4 is 4.74 Å². The van der Waals surface area contributed by atoms with Gasteiger partial charge in [-0.15, -0.1) is 0 Å². The Morgan fingerprint density at radius 2 is 2.00 bits per heavy atom. The third-order valence-electron chi connectivity index (χ3n) is 3.33. The van der Waals surface area contributed by atoms with Crippen LogP contribution in [0.1, 0.15) is 45.3 Å². The number of nitrogens with zero attached hydrogens (tertiary/aromatic N) is 1. The summed E-state index contributed by atoms with van der Waals surface area (Å²) in [6.07, 6.45) is 1.07. The summed E-state index contributed by atoms with van der Waals surface area (Å²) in [5.41, 5.74) is 0.304. The molecule has 6 heteroatoms. The van der Waals surface area contributed by atoms with Gasteiger partial charge in [0.25, 0.3) is 0 Å². The number of hydrogen-bond acceptors (Lipinski definition) is 4. The molecule has 0 aliphatic rings. The maximum absolute atomic E-state index is 11.2. The molecule has 20 heavy (non-hydrogen) atoms. The molecule has 1 atom stereocenters. The molecule has 0 bridgehead atoms. The molecule has 0 amide bonds. The number of aliphatic hydroxyl groups is 1. The monoisotopic (exact) mass is 345 g/mol. The Labute approximate surface area is 127 Å². The molecule has 1 rings (SSSR count). The summed E-state index contributed by atoms with van der Waals surface area (Å²) in [6.45, 7) is 6.09. The molecule has 5 nitrogen and oxygen atoms in total. The van der Waals surface area contributed by atoms with E-state index in [2.05, 4.69) is 29.8 Å². The SMILES string of the molecule is CCC(CC)COc1c([C@H](C)O)cc(Br)cc1[N+](=O)[O-]. The van der Waals surface area contributed by atoms with Gasteiger partial charge in [-0.2, -0.15) is 0 Å². The fraction of sp³-hybridized carbons (Fsp3) is 0.571. The summed E-state index contributed by atoms with van der Waals surface area (Å²) in [5.74, 6) is 0.514. The quantitative estimate of drug-likeness (QED) is 0.592. The van der Waals surface area contributed by atoms with Gasteiger partial charge in [-0.05, 0) is 18.9 Å². The van der Waals surface area contributed by atoms with Crippen molar-refractivity contribution in [1.29, 1.82) is 0 Å². The van der Waals surface area contributed by atoms with Gasteiger partial charge in [0.2, 0.25) is 5.75 Å². The lowest BCUT2D eigenvalue weighted by Crippen LogP contribution is -2.13. The molecule has 0 aliphatic heterocycles. The highest BCUT2D eigenvalue weighted by molar-refractivity contribution is 9.10. The van der Waals surface area contributed by atoms with Crippen LogP contribution in [0.4, 0.5) is 5.69 Å². The Kier molecular flexibility index (Phi) is 6.42. The van der Waals surface area contributed by atoms with Crippen molar-refractivity contribution in [1.82, 2.24) is 0 Å². The number of nitro benzene ring substituents is 1. The Bertz CT molecular complexity index is 472. The molecule has 0 aliphatic carbocycles. The highest BCUT2D eigenvalue weighted by Crippen LogP contribution is 2.38. The molecule has 0 saturated heterocycles. The van der Waals surface area contributed by atoms with Crippen LogP contribution in [0.5, 0.6) is 5.75 Å². The van der Waals surface area contributed by atoms with E-state index in [0.717, 1.165) is 12.8 Å². The molecule has 112 valence electrons. The Hall–Kier alpha value is -1.14. The molecule has 0 unspecified atom stereocenters. The zero-order valence-corrected chi connectivity index (χ0v) is 13.5. The minimum atomic E-state index is -0.831. The van der Waals surface area contributed by atoms with Gasteiger partial charge in [0.15, 0.2) is 0 Å². The summed E-state index contributed by atoms with van der Waals surface area (Å²) in [6, 6.07) is 3.05. The van der Waals surface area contributed by atoms with E-state index >= 15 is 0 Å². The van der Waals surface area contributed by atoms with E-state index in [1.165, 1.54) is 6.07 Å². The molecular formula is C14H20BrNO4. The zero-order chi connectivity index (χ0) is 15.3. The van der Waals surface area contributed by atoms with Crippen molar-refractivity contribution in [3.63, 3.8) is 0 Å². The lowest BCUT2D eigenvalue weighted by Gasteiger charge is -2.17. The second-order valence-corrected chi connectivity index (χ2v) is 5.69. The molecule has 1 aromatic carbocycles. The van der Waals surface area contributed by atoms with Gasteiger partial charge < -0.3 is 9.84 Å². The standard InChI is InChI=1S/C14H20BrNO4/c1-4-10(5-2)8-20-14-12(9(3)17)6-11(15)7-13(14)16(18)19/h6-7,9-10,17H,4-5,8H2,1-3H3/t9-/m0/s1. The fourth-order valence-corrected chi connectivity index (χ4v) is 2.39. The van der Waals surface area contributed by atoms with Crippen molar-refractivity contribution >= 4 is 21.6 Å². The lowest BCUT2D eigenvalue weighted by atomic mass is 10.0. The van der Waals surface area contributed by atoms with Crippen LogP contribution in [0, 0.1) is 16.0 Å². The second-order valence-electron chi connectivity index (χ2n) is 4.77. The first-order valence-corrected chi connectivity index (χ1v) is 7.48. The number of aliphatic hydroxyl groups excluding tert-OH is 1. The first-order chi connectivity index (χ1) is 9.40. The fourth-order valence-electron chi connectivity index (χ4n) is 1.93. The van der Waals surface area contributed by atoms with Crippen LogP contribution in [0.25, 0.3) is 0 Å². The predicted octanol–water partition coefficient (Wildman–Crippen LogP) is 4.23. The average Bonchev–Trinajstić information content (AvgIpc) is 2.40. The van der Waals surface area contributed by atoms with Crippen molar-refractivity contribution in [3.8, 4) is 5.75 Å². The summed E-state index contributed by atoms with van der Waals surface area (Å²) < 4.78 is 6.22. The van der Waals surface area contributed by atoms with Gasteiger partial charge in [0.05, 0.1) is 17.6 Å². The minimum Gasteiger partial charge on any atom is -0.486 e. The van der Waals surface area contributed by atoms with Gasteiger partial charge in [0.1, 0.15) is 0 Å². The first kappa shape index (κ1) is 16.9. The van der Waals surface area contributed by atoms with Crippen molar-refractivity contribution in [2.45, 2.75) is 39.7 Å². The van der Waals surface area contributed by atoms with Crippen molar-refractivity contribution < 1.29 is 14.8 Å². The third-order valence-corrected chi connectivity index (χ3v) is 3.79. The number of nitro groups is 1. The lowest BCUT2D eigenvalue weighted by molar-refractivity contribution is -0.386. The Morgan fingerprint density at radius 3 is 2.45 bits per heavy atom. The van der Waals surface area contributed by atoms with Crippen LogP contribution >= 0.6 is 15.9 Å². The maximum Gasteiger partial charge on any atom is 0.312 e. The largest absolute Gasteiger partial charge is 0.486 e. The number of benzene rings is 1. The van der Waals surface area contributed by atoms with Crippen LogP contribution in [0.15, 0.2) is 16.6 Å². The number of rotatable bonds is 7. The Balaban J connectivity index is 3.16. The van der Waals surface area contributed by atoms with E-state index in [9.17, 15) is 15.2 Å². The zero-order valence-electron chi connectivity index (χ0n) is 11.9. The summed E-state index contributed by atoms with van der Waals surface area (Å²) in [7, 11) is 0. The van der Waals surface area contributed by atoms with Crippen molar-refractivity contribution in [2.75, 3.05) is 6.61 Å². The predicted molar refractivity (Wildman–Crippen MR) is 81.0 cm³/mol. The molecular weight excluding hydrogens is 326 g/mol. The second kappa shape index (κ2) is 7.59. The van der Waals surface area contributed by atoms with Gasteiger partial charge >= 0.3 is 5.69 Å². The topological polar surface area (TPSA) is 72.6 Å². The minimum absolute atomic E-state index is 0.124. The van der Waals surface area contributed by atoms with Crippen LogP contribution in [0.2, 0.25) is 0 Å². The van der Waals surface area contributed by atoms with Gasteiger partial charge in [-0.3, -0.25) is 10.1 Å². The van der Waals surface area contributed by atoms with E-state index in [1.54, 1.807) is 13.0 Å². The van der Waals surface area contributed by atoms with Crippen molar-refractivity contribution in [2.24, 2.45) is 5.92 Å². The number of halogens is 1. The average molecular weight is 346 g/mol. The first-order valence-electron chi connectivity index (χ1n) is 6.69. The van der Waals surface area contributed by atoms with E-state index in [1.807, 2.05) is 0 Å². The molecule has 1 aromatic rings. The van der Waals surface area contributed by atoms with E-state index in [4.69, 9.17) is 4.74 Å². The van der Waals surface area contributed by atoms with Gasteiger partial charge in [-0.1, -0.05) is 42.6 Å². The normalized spacial score (nSPS) is 12.5. The smallest absolute Gasteiger partial charge is 0.312 e. The molecule has 1 N–H and O–H groups in total. The number of ether oxygens (including phenoxy) is 1. The molecule has 0 spiro atoms. The Morgan fingerprint density at radius 1 is 1.40 bits per heavy atom. The highest BCUT2D eigenvalue weighted by Gasteiger charge is 2.24. The summed E-state index contributed by atoms with van der Waals surface area (Å²) in [4.78, 5) is 10.7. The molecule has 0 saturated carbocycles. The van der Waals surface area contributed by atoms with E-state index < -0.39 is 11.0 Å². The van der Waals surface area contributed by atoms with Gasteiger partial charge in [-0.25, -0.2) is 0 Å². The molecule has 0 heterocycles. The van der Waals surface area contributed by atoms with E-state index in [-0.39, 0.29) is 11.4 Å². The molecule has 0 aromatic heterocycles. The number of hydrogen-bond donors (Lipinski definition) is 1. The highest BCUT2D eigenvalue weighted by atomic mass is 79.9. The van der Waals surface area contributed by atoms with Crippen LogP contribution in [-0.4, -0.2) is 16.6 Å². The van der Waals surface area contributed by atoms with Gasteiger partial charge in [0, 0.05) is 16.1 Å². The molecule has 0 radical (unpaired) electrons. The van der Waals surface area contributed by atoms with Crippen LogP contribution in [0.3, 0.4) is 0 Å². The molecule has 0 fully saturated rings.